The molecule has 2 aromatic carbocycles. The highest BCUT2D eigenvalue weighted by Crippen LogP contribution is 2.20. The van der Waals surface area contributed by atoms with Crippen molar-refractivity contribution >= 4 is 22.8 Å². The Morgan fingerprint density at radius 1 is 1.00 bits per heavy atom. The molecule has 1 amide bonds. The van der Waals surface area contributed by atoms with Crippen molar-refractivity contribution in [2.75, 3.05) is 7.05 Å². The van der Waals surface area contributed by atoms with E-state index in [1.807, 2.05) is 20.8 Å². The highest BCUT2D eigenvalue weighted by molar-refractivity contribution is 5.86. The second-order valence-corrected chi connectivity index (χ2v) is 8.90. The lowest BCUT2D eigenvalue weighted by atomic mass is 9.91. The molecule has 0 aromatic heterocycles. The number of aliphatic imine (C=N–C) groups is 1. The maximum Gasteiger partial charge on any atom is 0.407 e. The van der Waals surface area contributed by atoms with E-state index in [2.05, 4.69) is 63.4 Å². The lowest BCUT2D eigenvalue weighted by molar-refractivity contribution is 0.0490. The van der Waals surface area contributed by atoms with Crippen molar-refractivity contribution in [2.45, 2.75) is 70.7 Å². The van der Waals surface area contributed by atoms with Crippen LogP contribution in [0.5, 0.6) is 0 Å². The molecule has 30 heavy (non-hydrogen) atoms. The molecule has 0 aliphatic heterocycles. The first-order valence-corrected chi connectivity index (χ1v) is 10.8. The summed E-state index contributed by atoms with van der Waals surface area (Å²) >= 11 is 0. The molecule has 162 valence electrons. The zero-order valence-electron chi connectivity index (χ0n) is 18.5. The van der Waals surface area contributed by atoms with Gasteiger partial charge in [-0.25, -0.2) is 4.79 Å². The summed E-state index contributed by atoms with van der Waals surface area (Å²) < 4.78 is 5.36. The van der Waals surface area contributed by atoms with Gasteiger partial charge in [0, 0.05) is 25.7 Å². The average Bonchev–Trinajstić information content (AvgIpc) is 2.71. The molecule has 0 bridgehead atoms. The average molecular weight is 411 g/mol. The van der Waals surface area contributed by atoms with Crippen LogP contribution >= 0.6 is 0 Å². The van der Waals surface area contributed by atoms with Crippen LogP contribution in [0.25, 0.3) is 10.8 Å². The number of rotatable bonds is 4. The minimum atomic E-state index is -0.467. The fourth-order valence-electron chi connectivity index (χ4n) is 3.87. The number of nitrogens with zero attached hydrogens (tertiary/aromatic N) is 1. The Kier molecular flexibility index (Phi) is 7.19. The molecule has 1 fully saturated rings. The highest BCUT2D eigenvalue weighted by atomic mass is 16.6. The van der Waals surface area contributed by atoms with Crippen molar-refractivity contribution in [1.82, 2.24) is 16.0 Å². The lowest BCUT2D eigenvalue weighted by Crippen LogP contribution is -2.47. The van der Waals surface area contributed by atoms with E-state index in [-0.39, 0.29) is 12.1 Å². The van der Waals surface area contributed by atoms with Crippen LogP contribution in [-0.2, 0) is 11.3 Å². The van der Waals surface area contributed by atoms with E-state index < -0.39 is 5.60 Å². The van der Waals surface area contributed by atoms with E-state index in [1.165, 1.54) is 16.3 Å². The van der Waals surface area contributed by atoms with E-state index in [4.69, 9.17) is 4.74 Å². The molecule has 2 aromatic rings. The van der Waals surface area contributed by atoms with E-state index in [1.54, 1.807) is 7.05 Å². The number of alkyl carbamates (subject to hydrolysis) is 1. The highest BCUT2D eigenvalue weighted by Gasteiger charge is 2.25. The van der Waals surface area contributed by atoms with E-state index in [0.717, 1.165) is 38.2 Å². The van der Waals surface area contributed by atoms with Crippen LogP contribution in [0.1, 0.15) is 52.0 Å². The maximum atomic E-state index is 12.0. The van der Waals surface area contributed by atoms with E-state index in [0.29, 0.717) is 6.04 Å². The van der Waals surface area contributed by atoms with Crippen molar-refractivity contribution in [1.29, 1.82) is 0 Å². The van der Waals surface area contributed by atoms with Gasteiger partial charge in [-0.3, -0.25) is 4.99 Å². The number of hydrogen-bond acceptors (Lipinski definition) is 3. The molecule has 0 heterocycles. The fourth-order valence-corrected chi connectivity index (χ4v) is 3.87. The van der Waals surface area contributed by atoms with Crippen LogP contribution < -0.4 is 16.0 Å². The first-order valence-electron chi connectivity index (χ1n) is 10.8. The smallest absolute Gasteiger partial charge is 0.407 e. The molecule has 6 nitrogen and oxygen atoms in total. The Bertz CT molecular complexity index is 875. The van der Waals surface area contributed by atoms with Gasteiger partial charge in [0.25, 0.3) is 0 Å². The van der Waals surface area contributed by atoms with Gasteiger partial charge in [-0.05, 0) is 62.8 Å². The van der Waals surface area contributed by atoms with Crippen LogP contribution in [-0.4, -0.2) is 36.8 Å². The summed E-state index contributed by atoms with van der Waals surface area (Å²) in [4.78, 5) is 16.4. The molecule has 0 spiro atoms. The molecule has 0 radical (unpaired) electrons. The molecule has 3 rings (SSSR count). The Morgan fingerprint density at radius 3 is 2.30 bits per heavy atom. The molecule has 0 saturated heterocycles. The number of nitrogens with one attached hydrogen (secondary N) is 3. The van der Waals surface area contributed by atoms with Crippen LogP contribution in [0, 0.1) is 0 Å². The quantitative estimate of drug-likeness (QED) is 0.518. The van der Waals surface area contributed by atoms with Crippen molar-refractivity contribution in [2.24, 2.45) is 4.99 Å². The van der Waals surface area contributed by atoms with Gasteiger partial charge >= 0.3 is 6.09 Å². The number of benzene rings is 2. The number of fused-ring (bicyclic) bond motifs is 1. The number of carbonyl (C=O) groups is 1. The largest absolute Gasteiger partial charge is 0.444 e. The molecular formula is C24H34N4O2. The number of ether oxygens (including phenoxy) is 1. The minimum Gasteiger partial charge on any atom is -0.444 e. The minimum absolute atomic E-state index is 0.170. The zero-order valence-corrected chi connectivity index (χ0v) is 18.5. The number of guanidine groups is 1. The lowest BCUT2D eigenvalue weighted by Gasteiger charge is -2.31. The fraction of sp³-hybridized carbons (Fsp3) is 0.500. The Labute approximate surface area is 179 Å². The molecule has 3 N–H and O–H groups in total. The van der Waals surface area contributed by atoms with Crippen molar-refractivity contribution in [3.63, 3.8) is 0 Å². The van der Waals surface area contributed by atoms with Crippen LogP contribution in [0.15, 0.2) is 47.5 Å². The van der Waals surface area contributed by atoms with Gasteiger partial charge in [-0.2, -0.15) is 0 Å². The molecule has 1 aliphatic carbocycles. The number of amides is 1. The molecule has 6 heteroatoms. The SMILES string of the molecule is CN=C(NCc1cccc2ccccc12)NC1CCC(NC(=O)OC(C)(C)C)CC1. The zero-order chi connectivity index (χ0) is 21.6. The molecule has 1 aliphatic rings. The van der Waals surface area contributed by atoms with Gasteiger partial charge in [0.05, 0.1) is 0 Å². The Hall–Kier alpha value is -2.76. The molecule has 1 saturated carbocycles. The van der Waals surface area contributed by atoms with Gasteiger partial charge in [0.2, 0.25) is 0 Å². The molecule has 0 unspecified atom stereocenters. The normalized spacial score (nSPS) is 19.9. The van der Waals surface area contributed by atoms with Crippen molar-refractivity contribution in [3.05, 3.63) is 48.0 Å². The van der Waals surface area contributed by atoms with E-state index in [9.17, 15) is 4.79 Å². The number of carbonyl (C=O) groups excluding carboxylic acids is 1. The first kappa shape index (κ1) is 21.9. The molecular weight excluding hydrogens is 376 g/mol. The standard InChI is InChI=1S/C24H34N4O2/c1-24(2,3)30-23(29)28-20-14-12-19(13-15-20)27-22(25-4)26-16-18-10-7-9-17-8-5-6-11-21(17)18/h5-11,19-20H,12-16H2,1-4H3,(H,28,29)(H2,25,26,27). The summed E-state index contributed by atoms with van der Waals surface area (Å²) in [5.41, 5.74) is 0.784. The Balaban J connectivity index is 1.46. The number of hydrogen-bond donors (Lipinski definition) is 3. The molecule has 0 atom stereocenters. The van der Waals surface area contributed by atoms with Gasteiger partial charge < -0.3 is 20.7 Å². The van der Waals surface area contributed by atoms with Gasteiger partial charge in [-0.15, -0.1) is 0 Å². The van der Waals surface area contributed by atoms with Gasteiger partial charge in [0.15, 0.2) is 5.96 Å². The van der Waals surface area contributed by atoms with Gasteiger partial charge in [0.1, 0.15) is 5.60 Å². The summed E-state index contributed by atoms with van der Waals surface area (Å²) in [6.45, 7) is 6.36. The summed E-state index contributed by atoms with van der Waals surface area (Å²) in [7, 11) is 1.80. The monoisotopic (exact) mass is 410 g/mol. The second-order valence-electron chi connectivity index (χ2n) is 8.90. The Morgan fingerprint density at radius 2 is 1.63 bits per heavy atom. The van der Waals surface area contributed by atoms with Crippen molar-refractivity contribution < 1.29 is 9.53 Å². The van der Waals surface area contributed by atoms with Crippen LogP contribution in [0.3, 0.4) is 0 Å². The third-order valence-corrected chi connectivity index (χ3v) is 5.34. The predicted molar refractivity (Wildman–Crippen MR) is 123 cm³/mol. The summed E-state index contributed by atoms with van der Waals surface area (Å²) in [5, 5.41) is 12.5. The topological polar surface area (TPSA) is 74.8 Å². The maximum absolute atomic E-state index is 12.0. The predicted octanol–water partition coefficient (Wildman–Crippen LogP) is 4.34. The van der Waals surface area contributed by atoms with Crippen LogP contribution in [0.2, 0.25) is 0 Å². The summed E-state index contributed by atoms with van der Waals surface area (Å²) in [6.07, 6.45) is 3.49. The van der Waals surface area contributed by atoms with Crippen molar-refractivity contribution in [3.8, 4) is 0 Å². The van der Waals surface area contributed by atoms with E-state index >= 15 is 0 Å². The van der Waals surface area contributed by atoms with Crippen LogP contribution in [0.4, 0.5) is 4.79 Å². The summed E-state index contributed by atoms with van der Waals surface area (Å²) in [5.74, 6) is 0.812. The van der Waals surface area contributed by atoms with Gasteiger partial charge in [-0.1, -0.05) is 42.5 Å². The third-order valence-electron chi connectivity index (χ3n) is 5.34. The first-order chi connectivity index (χ1) is 14.3. The summed E-state index contributed by atoms with van der Waals surface area (Å²) in [6, 6.07) is 15.3. The third kappa shape index (κ3) is 6.37. The second kappa shape index (κ2) is 9.83.